The highest BCUT2D eigenvalue weighted by molar-refractivity contribution is 7.89. The van der Waals surface area contributed by atoms with Gasteiger partial charge in [-0.3, -0.25) is 4.79 Å². The van der Waals surface area contributed by atoms with E-state index in [9.17, 15) is 13.2 Å². The minimum Gasteiger partial charge on any atom is -0.350 e. The van der Waals surface area contributed by atoms with Crippen LogP contribution in [0.3, 0.4) is 0 Å². The van der Waals surface area contributed by atoms with Crippen molar-refractivity contribution in [3.63, 3.8) is 0 Å². The van der Waals surface area contributed by atoms with Gasteiger partial charge < -0.3 is 10.3 Å². The molecule has 0 bridgehead atoms. The lowest BCUT2D eigenvalue weighted by Gasteiger charge is -2.05. The lowest BCUT2D eigenvalue weighted by atomic mass is 10.1. The van der Waals surface area contributed by atoms with E-state index in [1.54, 1.807) is 23.5 Å². The summed E-state index contributed by atoms with van der Waals surface area (Å²) in [5.74, 6) is -0.158. The third-order valence-electron chi connectivity index (χ3n) is 3.44. The molecule has 2 heterocycles. The summed E-state index contributed by atoms with van der Waals surface area (Å²) in [6.45, 7) is 0.459. The maximum Gasteiger partial charge on any atom is 0.267 e. The Labute approximate surface area is 137 Å². The highest BCUT2D eigenvalue weighted by atomic mass is 32.2. The Morgan fingerprint density at radius 1 is 1.22 bits per heavy atom. The van der Waals surface area contributed by atoms with Crippen LogP contribution in [0.4, 0.5) is 0 Å². The lowest BCUT2D eigenvalue weighted by molar-refractivity contribution is 0.0950. The summed E-state index contributed by atoms with van der Waals surface area (Å²) in [4.78, 5) is 15.2. The zero-order chi connectivity index (χ0) is 16.4. The molecule has 0 aliphatic carbocycles. The monoisotopic (exact) mass is 349 g/mol. The van der Waals surface area contributed by atoms with Crippen molar-refractivity contribution in [1.29, 1.82) is 0 Å². The second-order valence-corrected chi connectivity index (χ2v) is 7.59. The topological polar surface area (TPSA) is 105 Å². The molecule has 4 N–H and O–H groups in total. The number of carbonyl (C=O) groups excluding carboxylic acids is 1. The van der Waals surface area contributed by atoms with Crippen LogP contribution in [0.1, 0.15) is 16.1 Å². The van der Waals surface area contributed by atoms with Crippen LogP contribution in [0, 0.1) is 0 Å². The fourth-order valence-electron chi connectivity index (χ4n) is 2.23. The van der Waals surface area contributed by atoms with Crippen molar-refractivity contribution in [2.45, 2.75) is 11.3 Å². The van der Waals surface area contributed by atoms with Gasteiger partial charge >= 0.3 is 0 Å². The minimum atomic E-state index is -3.67. The number of sulfonamides is 1. The van der Waals surface area contributed by atoms with Crippen molar-refractivity contribution in [2.75, 3.05) is 6.54 Å². The van der Waals surface area contributed by atoms with Crippen molar-refractivity contribution >= 4 is 37.5 Å². The molecule has 0 aliphatic rings. The van der Waals surface area contributed by atoms with Crippen LogP contribution in [-0.4, -0.2) is 25.9 Å². The maximum atomic E-state index is 12.1. The number of rotatable bonds is 5. The van der Waals surface area contributed by atoms with Crippen molar-refractivity contribution in [3.05, 3.63) is 53.0 Å². The predicted octanol–water partition coefficient (Wildman–Crippen LogP) is 1.85. The summed E-state index contributed by atoms with van der Waals surface area (Å²) < 4.78 is 23.4. The number of H-pyrrole nitrogens is 1. The molecule has 0 aliphatic heterocycles. The van der Waals surface area contributed by atoms with E-state index in [1.165, 1.54) is 12.1 Å². The van der Waals surface area contributed by atoms with E-state index < -0.39 is 10.0 Å². The molecule has 3 aromatic rings. The first-order valence-corrected chi connectivity index (χ1v) is 9.32. The normalized spacial score (nSPS) is 11.7. The third-order valence-corrected chi connectivity index (χ3v) is 5.23. The predicted molar refractivity (Wildman–Crippen MR) is 90.0 cm³/mol. The van der Waals surface area contributed by atoms with Gasteiger partial charge in [0.1, 0.15) is 5.69 Å². The Balaban J connectivity index is 1.56. The average Bonchev–Trinajstić information content (AvgIpc) is 3.08. The molecule has 2 aromatic heterocycles. The third kappa shape index (κ3) is 3.61. The fourth-order valence-corrected chi connectivity index (χ4v) is 3.53. The van der Waals surface area contributed by atoms with Crippen LogP contribution in [0.5, 0.6) is 0 Å². The number of aromatic amines is 1. The Kier molecular flexibility index (Phi) is 4.20. The number of fused-ring (bicyclic) bond motifs is 1. The molecule has 1 aromatic carbocycles. The lowest BCUT2D eigenvalue weighted by Crippen LogP contribution is -2.25. The van der Waals surface area contributed by atoms with Crippen molar-refractivity contribution in [2.24, 2.45) is 5.14 Å². The number of hydrogen-bond donors (Lipinski definition) is 3. The van der Waals surface area contributed by atoms with E-state index in [0.29, 0.717) is 18.7 Å². The summed E-state index contributed by atoms with van der Waals surface area (Å²) in [6, 6.07) is 10.1. The van der Waals surface area contributed by atoms with Crippen molar-refractivity contribution < 1.29 is 13.2 Å². The van der Waals surface area contributed by atoms with E-state index in [0.717, 1.165) is 15.8 Å². The molecule has 0 saturated heterocycles. The molecule has 3 rings (SSSR count). The largest absolute Gasteiger partial charge is 0.350 e. The first kappa shape index (κ1) is 15.7. The number of nitrogens with one attached hydrogen (secondary N) is 2. The molecule has 0 radical (unpaired) electrons. The van der Waals surface area contributed by atoms with Crippen LogP contribution in [0.2, 0.25) is 0 Å². The number of aromatic nitrogens is 1. The second kappa shape index (κ2) is 6.15. The van der Waals surface area contributed by atoms with E-state index >= 15 is 0 Å². The van der Waals surface area contributed by atoms with Gasteiger partial charge in [-0.2, -0.15) is 0 Å². The number of primary sulfonamides is 1. The highest BCUT2D eigenvalue weighted by Gasteiger charge is 2.10. The number of thiophene rings is 1. The van der Waals surface area contributed by atoms with Crippen LogP contribution < -0.4 is 10.5 Å². The Morgan fingerprint density at radius 2 is 1.96 bits per heavy atom. The van der Waals surface area contributed by atoms with Crippen molar-refractivity contribution in [1.82, 2.24) is 10.3 Å². The zero-order valence-corrected chi connectivity index (χ0v) is 13.7. The molecule has 0 atom stereocenters. The molecule has 6 nitrogen and oxygen atoms in total. The summed E-state index contributed by atoms with van der Waals surface area (Å²) in [5, 5.41) is 9.85. The average molecular weight is 349 g/mol. The molecular formula is C15H15N3O3S2. The van der Waals surface area contributed by atoms with Gasteiger partial charge in [0.15, 0.2) is 0 Å². The van der Waals surface area contributed by atoms with Crippen LogP contribution in [0.25, 0.3) is 10.2 Å². The SMILES string of the molecule is NS(=O)(=O)c1ccc(CCNC(=O)c2cc3sccc3[nH]2)cc1. The number of nitrogens with two attached hydrogens (primary N) is 1. The van der Waals surface area contributed by atoms with Gasteiger partial charge in [0.05, 0.1) is 15.1 Å². The number of carbonyl (C=O) groups is 1. The van der Waals surface area contributed by atoms with E-state index in [1.807, 2.05) is 17.5 Å². The second-order valence-electron chi connectivity index (χ2n) is 5.08. The summed E-state index contributed by atoms with van der Waals surface area (Å²) in [7, 11) is -3.67. The first-order valence-electron chi connectivity index (χ1n) is 6.89. The Hall–Kier alpha value is -2.16. The number of benzene rings is 1. The fraction of sp³-hybridized carbons (Fsp3) is 0.133. The van der Waals surface area contributed by atoms with E-state index in [-0.39, 0.29) is 10.8 Å². The Bertz CT molecular complexity index is 911. The first-order chi connectivity index (χ1) is 10.9. The smallest absolute Gasteiger partial charge is 0.267 e. The molecular weight excluding hydrogens is 334 g/mol. The Morgan fingerprint density at radius 3 is 2.61 bits per heavy atom. The minimum absolute atomic E-state index is 0.0803. The molecule has 1 amide bonds. The number of amides is 1. The van der Waals surface area contributed by atoms with E-state index in [2.05, 4.69) is 10.3 Å². The van der Waals surface area contributed by atoms with Gasteiger partial charge in [-0.25, -0.2) is 13.6 Å². The quantitative estimate of drug-likeness (QED) is 0.654. The molecule has 120 valence electrons. The van der Waals surface area contributed by atoms with Crippen LogP contribution >= 0.6 is 11.3 Å². The van der Waals surface area contributed by atoms with Gasteiger partial charge in [0, 0.05) is 6.54 Å². The van der Waals surface area contributed by atoms with Gasteiger partial charge in [-0.15, -0.1) is 11.3 Å². The summed E-state index contributed by atoms with van der Waals surface area (Å²) >= 11 is 1.58. The summed E-state index contributed by atoms with van der Waals surface area (Å²) in [5.41, 5.74) is 2.42. The zero-order valence-electron chi connectivity index (χ0n) is 12.1. The summed E-state index contributed by atoms with van der Waals surface area (Å²) in [6.07, 6.45) is 0.603. The highest BCUT2D eigenvalue weighted by Crippen LogP contribution is 2.21. The van der Waals surface area contributed by atoms with Gasteiger partial charge in [-0.05, 0) is 41.6 Å². The van der Waals surface area contributed by atoms with Crippen molar-refractivity contribution in [3.8, 4) is 0 Å². The van der Waals surface area contributed by atoms with Crippen LogP contribution in [0.15, 0.2) is 46.7 Å². The van der Waals surface area contributed by atoms with Gasteiger partial charge in [0.2, 0.25) is 10.0 Å². The van der Waals surface area contributed by atoms with Gasteiger partial charge in [-0.1, -0.05) is 12.1 Å². The number of hydrogen-bond acceptors (Lipinski definition) is 4. The molecule has 8 heteroatoms. The van der Waals surface area contributed by atoms with Crippen LogP contribution in [-0.2, 0) is 16.4 Å². The molecule has 0 spiro atoms. The molecule has 0 saturated carbocycles. The molecule has 23 heavy (non-hydrogen) atoms. The van der Waals surface area contributed by atoms with E-state index in [4.69, 9.17) is 5.14 Å². The standard InChI is InChI=1S/C15H15N3O3S2/c16-23(20,21)11-3-1-10(2-4-11)5-7-17-15(19)13-9-14-12(18-13)6-8-22-14/h1-4,6,8-9,18H,5,7H2,(H,17,19)(H2,16,20,21). The molecule has 0 unspecified atom stereocenters. The molecule has 0 fully saturated rings. The maximum absolute atomic E-state index is 12.1. The van der Waals surface area contributed by atoms with Gasteiger partial charge in [0.25, 0.3) is 5.91 Å².